The van der Waals surface area contributed by atoms with Crippen molar-refractivity contribution in [3.8, 4) is 6.07 Å². The number of rotatable bonds is 2. The molecule has 0 radical (unpaired) electrons. The Bertz CT molecular complexity index is 918. The molecule has 6 unspecified atom stereocenters. The number of hydrogen-bond donors (Lipinski definition) is 1. The van der Waals surface area contributed by atoms with E-state index in [0.29, 0.717) is 18.7 Å². The summed E-state index contributed by atoms with van der Waals surface area (Å²) in [4.78, 5) is 29.5. The van der Waals surface area contributed by atoms with Crippen LogP contribution in [0.15, 0.2) is 12.3 Å². The Balaban J connectivity index is 1.65. The van der Waals surface area contributed by atoms with Crippen molar-refractivity contribution in [3.05, 3.63) is 22.8 Å². The van der Waals surface area contributed by atoms with Crippen LogP contribution in [0.2, 0.25) is 5.02 Å². The number of carbonyl (C=O) groups excluding carboxylic acids is 2. The third kappa shape index (κ3) is 2.42. The zero-order valence-electron chi connectivity index (χ0n) is 14.4. The lowest BCUT2D eigenvalue weighted by Gasteiger charge is -2.29. The van der Waals surface area contributed by atoms with E-state index >= 15 is 0 Å². The van der Waals surface area contributed by atoms with Gasteiger partial charge in [0.1, 0.15) is 0 Å². The van der Waals surface area contributed by atoms with Gasteiger partial charge in [0.2, 0.25) is 0 Å². The van der Waals surface area contributed by atoms with Gasteiger partial charge in [-0.2, -0.15) is 23.4 Å². The minimum Gasteiger partial charge on any atom is -0.391 e. The van der Waals surface area contributed by atoms with Gasteiger partial charge in [-0.1, -0.05) is 11.6 Å². The molecule has 148 valence electrons. The van der Waals surface area contributed by atoms with Crippen molar-refractivity contribution in [2.24, 2.45) is 29.6 Å². The van der Waals surface area contributed by atoms with Crippen molar-refractivity contribution in [2.45, 2.75) is 18.7 Å². The minimum absolute atomic E-state index is 0.180. The number of amides is 2. The Kier molecular flexibility index (Phi) is 4.10. The van der Waals surface area contributed by atoms with E-state index in [1.54, 1.807) is 0 Å². The zero-order chi connectivity index (χ0) is 20.5. The molecule has 7 nitrogen and oxygen atoms in total. The van der Waals surface area contributed by atoms with Crippen molar-refractivity contribution < 1.29 is 27.9 Å². The third-order valence-electron chi connectivity index (χ3n) is 6.01. The number of alkyl halides is 3. The molecular weight excluding hydrogens is 401 g/mol. The highest BCUT2D eigenvalue weighted by Crippen LogP contribution is 2.58. The Morgan fingerprint density at radius 3 is 2.46 bits per heavy atom. The summed E-state index contributed by atoms with van der Waals surface area (Å²) in [6, 6.07) is 2.68. The fraction of sp³-hybridized carbons (Fsp3) is 0.529. The topological polar surface area (TPSA) is 97.5 Å². The Morgan fingerprint density at radius 2 is 1.93 bits per heavy atom. The zero-order valence-corrected chi connectivity index (χ0v) is 15.1. The van der Waals surface area contributed by atoms with Crippen molar-refractivity contribution in [1.82, 2.24) is 9.99 Å². The maximum Gasteiger partial charge on any atom is 0.417 e. The third-order valence-corrected chi connectivity index (χ3v) is 6.29. The van der Waals surface area contributed by atoms with Crippen LogP contribution in [-0.4, -0.2) is 40.1 Å². The number of nitriles is 1. The molecule has 11 heteroatoms. The van der Waals surface area contributed by atoms with E-state index in [0.717, 1.165) is 10.0 Å². The van der Waals surface area contributed by atoms with E-state index in [9.17, 15) is 33.1 Å². The first-order valence-electron chi connectivity index (χ1n) is 8.49. The highest BCUT2D eigenvalue weighted by molar-refractivity contribution is 6.33. The highest BCUT2D eigenvalue weighted by atomic mass is 35.5. The molecule has 2 aliphatic carbocycles. The predicted molar refractivity (Wildman–Crippen MR) is 88.2 cm³/mol. The first-order valence-corrected chi connectivity index (χ1v) is 8.87. The number of halogens is 4. The van der Waals surface area contributed by atoms with Crippen LogP contribution in [0.4, 0.5) is 19.0 Å². The van der Waals surface area contributed by atoms with Crippen LogP contribution in [0, 0.1) is 40.9 Å². The average molecular weight is 415 g/mol. The van der Waals surface area contributed by atoms with Crippen LogP contribution in [0.25, 0.3) is 0 Å². The lowest BCUT2D eigenvalue weighted by molar-refractivity contribution is -0.142. The molecule has 4 rings (SSSR count). The van der Waals surface area contributed by atoms with Crippen LogP contribution in [-0.2, 0) is 15.8 Å². The molecule has 1 N–H and O–H groups in total. The SMILES string of the molecule is CN(c1ncc(C(F)(F)F)cc1Cl)N1C(=O)C2C3CC(C(C#N)C3O)C2C1=O. The normalized spacial score (nSPS) is 34.0. The van der Waals surface area contributed by atoms with Crippen LogP contribution in [0.3, 0.4) is 0 Å². The Labute approximate surface area is 162 Å². The number of nitrogens with zero attached hydrogens (tertiary/aromatic N) is 4. The molecule has 1 aromatic rings. The number of pyridine rings is 1. The largest absolute Gasteiger partial charge is 0.417 e. The van der Waals surface area contributed by atoms with Gasteiger partial charge in [-0.3, -0.25) is 14.6 Å². The molecule has 2 heterocycles. The van der Waals surface area contributed by atoms with Crippen LogP contribution in [0.1, 0.15) is 12.0 Å². The van der Waals surface area contributed by atoms with Gasteiger partial charge < -0.3 is 5.11 Å². The molecule has 2 amide bonds. The van der Waals surface area contributed by atoms with E-state index in [2.05, 4.69) is 4.98 Å². The monoisotopic (exact) mass is 414 g/mol. The number of aromatic nitrogens is 1. The molecular formula is C17H14ClF3N4O3. The van der Waals surface area contributed by atoms with Crippen molar-refractivity contribution >= 4 is 29.2 Å². The van der Waals surface area contributed by atoms with Crippen molar-refractivity contribution in [3.63, 3.8) is 0 Å². The number of anilines is 1. The second-order valence-corrected chi connectivity index (χ2v) is 7.71. The van der Waals surface area contributed by atoms with Crippen LogP contribution < -0.4 is 5.01 Å². The van der Waals surface area contributed by atoms with Gasteiger partial charge in [0.25, 0.3) is 11.8 Å². The van der Waals surface area contributed by atoms with Crippen molar-refractivity contribution in [2.75, 3.05) is 12.1 Å². The first kappa shape index (κ1) is 19.0. The second kappa shape index (κ2) is 6.06. The molecule has 3 aliphatic rings. The molecule has 3 fully saturated rings. The Morgan fingerprint density at radius 1 is 1.32 bits per heavy atom. The number of hydrogen-bond acceptors (Lipinski definition) is 6. The van der Waals surface area contributed by atoms with Gasteiger partial charge in [0.05, 0.1) is 40.5 Å². The summed E-state index contributed by atoms with van der Waals surface area (Å²) >= 11 is 5.93. The average Bonchev–Trinajstić information content (AvgIpc) is 3.23. The summed E-state index contributed by atoms with van der Waals surface area (Å²) in [6.07, 6.45) is -4.62. The number of fused-ring (bicyclic) bond motifs is 5. The smallest absolute Gasteiger partial charge is 0.391 e. The first-order chi connectivity index (χ1) is 13.1. The molecule has 6 atom stereocenters. The van der Waals surface area contributed by atoms with Gasteiger partial charge in [0, 0.05) is 13.2 Å². The number of aliphatic hydroxyl groups excluding tert-OH is 1. The summed E-state index contributed by atoms with van der Waals surface area (Å²) in [6.45, 7) is 0. The van der Waals surface area contributed by atoms with Gasteiger partial charge in [0.15, 0.2) is 5.82 Å². The number of aliphatic hydroxyl groups is 1. The summed E-state index contributed by atoms with van der Waals surface area (Å²) in [7, 11) is 1.30. The summed E-state index contributed by atoms with van der Waals surface area (Å²) in [5.41, 5.74) is -1.05. The van der Waals surface area contributed by atoms with Crippen LogP contribution >= 0.6 is 11.6 Å². The van der Waals surface area contributed by atoms with Gasteiger partial charge in [-0.25, -0.2) is 4.98 Å². The number of carbonyl (C=O) groups is 2. The van der Waals surface area contributed by atoms with E-state index in [4.69, 9.17) is 11.6 Å². The van der Waals surface area contributed by atoms with Gasteiger partial charge >= 0.3 is 6.18 Å². The molecule has 0 aromatic carbocycles. The quantitative estimate of drug-likeness (QED) is 0.742. The lowest BCUT2D eigenvalue weighted by atomic mass is 9.74. The van der Waals surface area contributed by atoms with Crippen molar-refractivity contribution in [1.29, 1.82) is 5.26 Å². The van der Waals surface area contributed by atoms with E-state index in [1.165, 1.54) is 7.05 Å². The summed E-state index contributed by atoms with van der Waals surface area (Å²) < 4.78 is 38.4. The summed E-state index contributed by atoms with van der Waals surface area (Å²) in [5, 5.41) is 21.0. The van der Waals surface area contributed by atoms with E-state index in [1.807, 2.05) is 6.07 Å². The molecule has 2 bridgehead atoms. The maximum absolute atomic E-state index is 12.9. The molecule has 2 saturated carbocycles. The van der Waals surface area contributed by atoms with E-state index < -0.39 is 59.2 Å². The molecule has 1 saturated heterocycles. The standard InChI is InChI=1S/C17H14ClF3N4O3/c1-24(14-10(18)2-6(5-23-14)17(19,20)21)25-15(27)11-7-3-8(12(11)16(25)28)13(26)9(7)4-22/h2,5,7-9,11-13,26H,3H2,1H3. The number of hydrazine groups is 1. The maximum atomic E-state index is 12.9. The van der Waals surface area contributed by atoms with Crippen LogP contribution in [0.5, 0.6) is 0 Å². The van der Waals surface area contributed by atoms with E-state index in [-0.39, 0.29) is 10.8 Å². The fourth-order valence-corrected chi connectivity index (χ4v) is 5.12. The Hall–Kier alpha value is -2.38. The molecule has 28 heavy (non-hydrogen) atoms. The minimum atomic E-state index is -4.63. The molecule has 0 spiro atoms. The van der Waals surface area contributed by atoms with Gasteiger partial charge in [-0.05, 0) is 24.3 Å². The summed E-state index contributed by atoms with van der Waals surface area (Å²) in [5.74, 6) is -4.45. The fourth-order valence-electron chi connectivity index (χ4n) is 4.83. The molecule has 1 aromatic heterocycles. The molecule has 1 aliphatic heterocycles. The second-order valence-electron chi connectivity index (χ2n) is 7.30. The van der Waals surface area contributed by atoms with Gasteiger partial charge in [-0.15, -0.1) is 0 Å². The highest BCUT2D eigenvalue weighted by Gasteiger charge is 2.68. The number of imide groups is 1. The predicted octanol–water partition coefficient (Wildman–Crippen LogP) is 1.86. The lowest BCUT2D eigenvalue weighted by Crippen LogP contribution is -2.46.